The summed E-state index contributed by atoms with van der Waals surface area (Å²) in [6.45, 7) is -0.0794. The molecule has 0 fully saturated rings. The van der Waals surface area contributed by atoms with E-state index in [0.717, 1.165) is 0 Å². The number of hydrogen-bond acceptors (Lipinski definition) is 6. The van der Waals surface area contributed by atoms with Gasteiger partial charge in [-0.1, -0.05) is 30.3 Å². The van der Waals surface area contributed by atoms with Crippen molar-refractivity contribution in [2.24, 2.45) is 0 Å². The van der Waals surface area contributed by atoms with Gasteiger partial charge >= 0.3 is 0 Å². The summed E-state index contributed by atoms with van der Waals surface area (Å²) in [6.07, 6.45) is 0. The number of nitriles is 1. The number of nitrogens with zero attached hydrogens (tertiary/aromatic N) is 2. The van der Waals surface area contributed by atoms with Gasteiger partial charge in [0.25, 0.3) is 11.6 Å². The lowest BCUT2D eigenvalue weighted by Crippen LogP contribution is -2.41. The second kappa shape index (κ2) is 10.7. The van der Waals surface area contributed by atoms with Gasteiger partial charge in [0.1, 0.15) is 11.8 Å². The van der Waals surface area contributed by atoms with E-state index in [2.05, 4.69) is 10.6 Å². The third-order valence-electron chi connectivity index (χ3n) is 3.69. The van der Waals surface area contributed by atoms with Crippen molar-refractivity contribution in [2.45, 2.75) is 11.0 Å². The van der Waals surface area contributed by atoms with Gasteiger partial charge in [-0.05, 0) is 17.7 Å². The first-order valence-corrected chi connectivity index (χ1v) is 9.39. The lowest BCUT2D eigenvalue weighted by atomic mass is 10.2. The monoisotopic (exact) mass is 398 g/mol. The molecule has 0 aliphatic carbocycles. The highest BCUT2D eigenvalue weighted by Crippen LogP contribution is 2.21. The Balaban J connectivity index is 2.01. The SMILES string of the molecule is N#CCNC(=O)C(CNC(=O)c1ccccc1)SCc1cccc([N+](=O)[O-])c1. The van der Waals surface area contributed by atoms with E-state index >= 15 is 0 Å². The summed E-state index contributed by atoms with van der Waals surface area (Å²) < 4.78 is 0. The number of nitro benzene ring substituents is 1. The number of nitro groups is 1. The molecule has 0 spiro atoms. The van der Waals surface area contributed by atoms with Gasteiger partial charge in [0.15, 0.2) is 0 Å². The molecule has 2 aromatic carbocycles. The number of nitrogens with one attached hydrogen (secondary N) is 2. The Kier molecular flexibility index (Phi) is 7.99. The Morgan fingerprint density at radius 3 is 2.57 bits per heavy atom. The summed E-state index contributed by atoms with van der Waals surface area (Å²) >= 11 is 1.23. The second-order valence-corrected chi connectivity index (χ2v) is 6.87. The van der Waals surface area contributed by atoms with E-state index in [0.29, 0.717) is 16.9 Å². The summed E-state index contributed by atoms with van der Waals surface area (Å²) in [7, 11) is 0. The number of hydrogen-bond donors (Lipinski definition) is 2. The van der Waals surface area contributed by atoms with Crippen LogP contribution in [0, 0.1) is 21.4 Å². The van der Waals surface area contributed by atoms with E-state index in [4.69, 9.17) is 5.26 Å². The molecule has 144 valence electrons. The number of rotatable bonds is 9. The van der Waals surface area contributed by atoms with Crippen LogP contribution in [0.3, 0.4) is 0 Å². The largest absolute Gasteiger partial charge is 0.350 e. The van der Waals surface area contributed by atoms with Crippen LogP contribution in [0.15, 0.2) is 54.6 Å². The average Bonchev–Trinajstić information content (AvgIpc) is 2.72. The Bertz CT molecular complexity index is 883. The fourth-order valence-electron chi connectivity index (χ4n) is 2.30. The minimum Gasteiger partial charge on any atom is -0.350 e. The van der Waals surface area contributed by atoms with Crippen molar-refractivity contribution in [2.75, 3.05) is 13.1 Å². The minimum atomic E-state index is -0.653. The number of carbonyl (C=O) groups is 2. The quantitative estimate of drug-likeness (QED) is 0.379. The van der Waals surface area contributed by atoms with Crippen molar-refractivity contribution in [3.8, 4) is 6.07 Å². The first kappa shape index (κ1) is 20.9. The van der Waals surface area contributed by atoms with Gasteiger partial charge in [-0.3, -0.25) is 19.7 Å². The smallest absolute Gasteiger partial charge is 0.269 e. The maximum absolute atomic E-state index is 12.3. The number of non-ortho nitro benzene ring substituents is 1. The van der Waals surface area contributed by atoms with Crippen LogP contribution in [0.5, 0.6) is 0 Å². The number of thioether (sulfide) groups is 1. The molecule has 2 aromatic rings. The molecule has 0 aliphatic heterocycles. The van der Waals surface area contributed by atoms with E-state index in [-0.39, 0.29) is 30.6 Å². The Labute approximate surface area is 166 Å². The van der Waals surface area contributed by atoms with Gasteiger partial charge in [0, 0.05) is 30.0 Å². The van der Waals surface area contributed by atoms with E-state index < -0.39 is 10.2 Å². The molecular weight excluding hydrogens is 380 g/mol. The van der Waals surface area contributed by atoms with Crippen molar-refractivity contribution in [1.82, 2.24) is 10.6 Å². The van der Waals surface area contributed by atoms with Crippen LogP contribution in [-0.4, -0.2) is 35.1 Å². The molecule has 2 rings (SSSR count). The van der Waals surface area contributed by atoms with Crippen LogP contribution in [0.2, 0.25) is 0 Å². The Hall–Kier alpha value is -3.38. The van der Waals surface area contributed by atoms with Crippen molar-refractivity contribution in [3.63, 3.8) is 0 Å². The van der Waals surface area contributed by atoms with Crippen LogP contribution in [-0.2, 0) is 10.5 Å². The molecule has 8 nitrogen and oxygen atoms in total. The highest BCUT2D eigenvalue weighted by Gasteiger charge is 2.20. The molecule has 0 aromatic heterocycles. The predicted octanol–water partition coefficient (Wildman–Crippen LogP) is 2.27. The third kappa shape index (κ3) is 6.41. The van der Waals surface area contributed by atoms with Crippen LogP contribution in [0.1, 0.15) is 15.9 Å². The molecule has 28 heavy (non-hydrogen) atoms. The van der Waals surface area contributed by atoms with Gasteiger partial charge in [-0.25, -0.2) is 0 Å². The predicted molar refractivity (Wildman–Crippen MR) is 106 cm³/mol. The molecule has 2 amide bonds. The van der Waals surface area contributed by atoms with Crippen LogP contribution < -0.4 is 10.6 Å². The number of amides is 2. The van der Waals surface area contributed by atoms with Crippen molar-refractivity contribution in [1.29, 1.82) is 5.26 Å². The average molecular weight is 398 g/mol. The molecule has 1 unspecified atom stereocenters. The molecule has 0 radical (unpaired) electrons. The maximum Gasteiger partial charge on any atom is 0.269 e. The van der Waals surface area contributed by atoms with E-state index in [1.165, 1.54) is 23.9 Å². The molecule has 0 saturated carbocycles. The summed E-state index contributed by atoms with van der Waals surface area (Å²) in [5.41, 5.74) is 1.13. The van der Waals surface area contributed by atoms with Gasteiger partial charge in [-0.15, -0.1) is 11.8 Å². The van der Waals surface area contributed by atoms with Gasteiger partial charge in [0.2, 0.25) is 5.91 Å². The lowest BCUT2D eigenvalue weighted by molar-refractivity contribution is -0.384. The summed E-state index contributed by atoms with van der Waals surface area (Å²) in [4.78, 5) is 34.9. The summed E-state index contributed by atoms with van der Waals surface area (Å²) in [6, 6.07) is 16.6. The number of benzene rings is 2. The van der Waals surface area contributed by atoms with Gasteiger partial charge < -0.3 is 10.6 Å². The molecule has 0 bridgehead atoms. The van der Waals surface area contributed by atoms with Gasteiger partial charge in [-0.2, -0.15) is 5.26 Å². The molecule has 2 N–H and O–H groups in total. The Morgan fingerprint density at radius 1 is 1.14 bits per heavy atom. The molecule has 0 aliphatic rings. The fourth-order valence-corrected chi connectivity index (χ4v) is 3.31. The van der Waals surface area contributed by atoms with Gasteiger partial charge in [0.05, 0.1) is 11.0 Å². The first-order valence-electron chi connectivity index (χ1n) is 8.34. The molecule has 0 heterocycles. The van der Waals surface area contributed by atoms with E-state index in [1.54, 1.807) is 42.5 Å². The van der Waals surface area contributed by atoms with Crippen LogP contribution in [0.25, 0.3) is 0 Å². The standard InChI is InChI=1S/C19H18N4O4S/c20-9-10-21-19(25)17(12-22-18(24)15-6-2-1-3-7-15)28-13-14-5-4-8-16(11-14)23(26)27/h1-8,11,17H,10,12-13H2,(H,21,25)(H,22,24). The topological polar surface area (TPSA) is 125 Å². The summed E-state index contributed by atoms with van der Waals surface area (Å²) in [5, 5.41) is 24.1. The fraction of sp³-hybridized carbons (Fsp3) is 0.211. The zero-order valence-corrected chi connectivity index (χ0v) is 15.6. The molecular formula is C19H18N4O4S. The van der Waals surface area contributed by atoms with Crippen molar-refractivity contribution < 1.29 is 14.5 Å². The molecule has 0 saturated heterocycles. The maximum atomic E-state index is 12.3. The van der Waals surface area contributed by atoms with E-state index in [9.17, 15) is 19.7 Å². The third-order valence-corrected chi connectivity index (χ3v) is 4.97. The van der Waals surface area contributed by atoms with E-state index in [1.807, 2.05) is 6.07 Å². The van der Waals surface area contributed by atoms with Crippen LogP contribution in [0.4, 0.5) is 5.69 Å². The normalized spacial score (nSPS) is 11.1. The first-order chi connectivity index (χ1) is 13.5. The van der Waals surface area contributed by atoms with Crippen LogP contribution >= 0.6 is 11.8 Å². The summed E-state index contributed by atoms with van der Waals surface area (Å²) in [5.74, 6) is -0.354. The van der Waals surface area contributed by atoms with Crippen molar-refractivity contribution >= 4 is 29.3 Å². The zero-order valence-electron chi connectivity index (χ0n) is 14.8. The zero-order chi connectivity index (χ0) is 20.4. The Morgan fingerprint density at radius 2 is 1.89 bits per heavy atom. The van der Waals surface area contributed by atoms with Crippen molar-refractivity contribution in [3.05, 3.63) is 75.8 Å². The highest BCUT2D eigenvalue weighted by atomic mass is 32.2. The molecule has 1 atom stereocenters. The number of carbonyl (C=O) groups excluding carboxylic acids is 2. The lowest BCUT2D eigenvalue weighted by Gasteiger charge is -2.16. The second-order valence-electron chi connectivity index (χ2n) is 5.68. The minimum absolute atomic E-state index is 0.0269. The molecule has 9 heteroatoms. The highest BCUT2D eigenvalue weighted by molar-refractivity contribution is 7.99.